The zero-order chi connectivity index (χ0) is 12.6. The molecule has 3 heteroatoms. The molecule has 0 saturated carbocycles. The van der Waals surface area contributed by atoms with E-state index >= 15 is 0 Å². The number of allylic oxidation sites excluding steroid dienone is 2. The molecule has 92 valence electrons. The van der Waals surface area contributed by atoms with Crippen LogP contribution in [0.1, 0.15) is 31.2 Å². The van der Waals surface area contributed by atoms with Crippen LogP contribution in [-0.4, -0.2) is 11.7 Å². The number of benzene rings is 1. The van der Waals surface area contributed by atoms with Crippen molar-refractivity contribution < 1.29 is 9.59 Å². The smallest absolute Gasteiger partial charge is 0.224 e. The first-order valence-corrected chi connectivity index (χ1v) is 6.31. The molecule has 1 N–H and O–H groups in total. The predicted molar refractivity (Wildman–Crippen MR) is 67.8 cm³/mol. The van der Waals surface area contributed by atoms with E-state index in [0.717, 1.165) is 18.5 Å². The Bertz CT molecular complexity index is 533. The number of nitrogens with one attached hydrogen (secondary N) is 1. The second-order valence-electron chi connectivity index (χ2n) is 5.02. The fourth-order valence-corrected chi connectivity index (χ4v) is 3.00. The first-order valence-electron chi connectivity index (χ1n) is 6.31. The van der Waals surface area contributed by atoms with Crippen molar-refractivity contribution in [1.29, 1.82) is 0 Å². The van der Waals surface area contributed by atoms with Crippen LogP contribution in [0, 0.1) is 0 Å². The Morgan fingerprint density at radius 3 is 2.50 bits per heavy atom. The van der Waals surface area contributed by atoms with Crippen LogP contribution in [-0.2, 0) is 15.0 Å². The van der Waals surface area contributed by atoms with Gasteiger partial charge in [0.1, 0.15) is 0 Å². The third-order valence-corrected chi connectivity index (χ3v) is 4.00. The van der Waals surface area contributed by atoms with Crippen LogP contribution in [0.2, 0.25) is 0 Å². The van der Waals surface area contributed by atoms with Crippen LogP contribution in [0.3, 0.4) is 0 Å². The minimum absolute atomic E-state index is 0.0162. The molecule has 1 heterocycles. The molecule has 3 rings (SSSR count). The second kappa shape index (κ2) is 4.09. The Hall–Kier alpha value is -1.90. The van der Waals surface area contributed by atoms with Crippen LogP contribution < -0.4 is 5.32 Å². The third-order valence-electron chi connectivity index (χ3n) is 4.00. The monoisotopic (exact) mass is 241 g/mol. The van der Waals surface area contributed by atoms with Crippen molar-refractivity contribution >= 4 is 11.7 Å². The number of carbonyl (C=O) groups excluding carboxylic acids is 2. The zero-order valence-corrected chi connectivity index (χ0v) is 10.1. The van der Waals surface area contributed by atoms with Crippen molar-refractivity contribution in [2.24, 2.45) is 0 Å². The number of amides is 1. The van der Waals surface area contributed by atoms with E-state index in [4.69, 9.17) is 0 Å². The van der Waals surface area contributed by atoms with Crippen LogP contribution >= 0.6 is 0 Å². The van der Waals surface area contributed by atoms with E-state index in [9.17, 15) is 9.59 Å². The Balaban J connectivity index is 2.10. The minimum Gasteiger partial charge on any atom is -0.329 e. The Kier molecular flexibility index (Phi) is 2.54. The maximum Gasteiger partial charge on any atom is 0.224 e. The lowest BCUT2D eigenvalue weighted by Crippen LogP contribution is -2.46. The topological polar surface area (TPSA) is 46.2 Å². The number of ketones is 1. The van der Waals surface area contributed by atoms with Crippen LogP contribution in [0.5, 0.6) is 0 Å². The van der Waals surface area contributed by atoms with Crippen LogP contribution in [0.4, 0.5) is 0 Å². The highest BCUT2D eigenvalue weighted by atomic mass is 16.1. The summed E-state index contributed by atoms with van der Waals surface area (Å²) in [4.78, 5) is 23.1. The molecule has 0 bridgehead atoms. The summed E-state index contributed by atoms with van der Waals surface area (Å²) in [5.74, 6) is 0.126. The van der Waals surface area contributed by atoms with E-state index in [1.807, 2.05) is 18.2 Å². The summed E-state index contributed by atoms with van der Waals surface area (Å²) in [7, 11) is 0. The Labute approximate surface area is 106 Å². The fraction of sp³-hybridized carbons (Fsp3) is 0.333. The molecule has 0 radical (unpaired) electrons. The van der Waals surface area contributed by atoms with E-state index in [2.05, 4.69) is 17.4 Å². The lowest BCUT2D eigenvalue weighted by molar-refractivity contribution is -0.122. The molecule has 1 fully saturated rings. The molecule has 3 nitrogen and oxygen atoms in total. The van der Waals surface area contributed by atoms with Crippen LogP contribution in [0.25, 0.3) is 0 Å². The summed E-state index contributed by atoms with van der Waals surface area (Å²) < 4.78 is 0. The number of rotatable bonds is 1. The molecule has 0 unspecified atom stereocenters. The maximum absolute atomic E-state index is 11.6. The largest absolute Gasteiger partial charge is 0.329 e. The van der Waals surface area contributed by atoms with Gasteiger partial charge in [-0.1, -0.05) is 30.3 Å². The van der Waals surface area contributed by atoms with Gasteiger partial charge in [0.25, 0.3) is 0 Å². The van der Waals surface area contributed by atoms with E-state index in [1.54, 1.807) is 6.08 Å². The average molecular weight is 241 g/mol. The van der Waals surface area contributed by atoms with Crippen molar-refractivity contribution in [3.63, 3.8) is 0 Å². The van der Waals surface area contributed by atoms with Crippen molar-refractivity contribution in [2.75, 3.05) is 0 Å². The molecule has 1 aliphatic carbocycles. The van der Waals surface area contributed by atoms with E-state index in [-0.39, 0.29) is 17.1 Å². The number of carbonyl (C=O) groups is 2. The first-order chi connectivity index (χ1) is 8.71. The van der Waals surface area contributed by atoms with Crippen molar-refractivity contribution in [1.82, 2.24) is 5.32 Å². The average Bonchev–Trinajstić information content (AvgIpc) is 2.39. The highest BCUT2D eigenvalue weighted by molar-refractivity contribution is 5.94. The quantitative estimate of drug-likeness (QED) is 0.818. The predicted octanol–water partition coefficient (Wildman–Crippen LogP) is 2.08. The van der Waals surface area contributed by atoms with Gasteiger partial charge in [-0.25, -0.2) is 0 Å². The summed E-state index contributed by atoms with van der Waals surface area (Å²) in [6.07, 6.45) is 4.30. The molecule has 2 aliphatic rings. The van der Waals surface area contributed by atoms with Gasteiger partial charge in [0.2, 0.25) is 5.91 Å². The summed E-state index contributed by atoms with van der Waals surface area (Å²) in [5.41, 5.74) is 1.83. The molecule has 18 heavy (non-hydrogen) atoms. The number of fused-ring (bicyclic) bond motifs is 1. The molecule has 1 aliphatic heterocycles. The molecule has 1 aromatic carbocycles. The highest BCUT2D eigenvalue weighted by Gasteiger charge is 2.42. The van der Waals surface area contributed by atoms with Crippen molar-refractivity contribution in [3.05, 3.63) is 47.7 Å². The van der Waals surface area contributed by atoms with E-state index < -0.39 is 0 Å². The second-order valence-corrected chi connectivity index (χ2v) is 5.02. The molecular weight excluding hydrogens is 226 g/mol. The number of hydrogen-bond donors (Lipinski definition) is 1. The van der Waals surface area contributed by atoms with Gasteiger partial charge in [-0.3, -0.25) is 9.59 Å². The molecule has 1 amide bonds. The maximum atomic E-state index is 11.6. The van der Waals surface area contributed by atoms with Gasteiger partial charge >= 0.3 is 0 Å². The molecular formula is C15H15NO2. The first kappa shape index (κ1) is 11.2. The fourth-order valence-electron chi connectivity index (χ4n) is 3.00. The minimum atomic E-state index is -0.164. The van der Waals surface area contributed by atoms with Gasteiger partial charge in [-0.05, 0) is 18.4 Å². The molecule has 0 spiro atoms. The van der Waals surface area contributed by atoms with Gasteiger partial charge in [0.05, 0.1) is 0 Å². The molecule has 1 aromatic rings. The van der Waals surface area contributed by atoms with E-state index in [0.29, 0.717) is 12.8 Å². The Morgan fingerprint density at radius 1 is 1.00 bits per heavy atom. The van der Waals surface area contributed by atoms with Crippen LogP contribution in [0.15, 0.2) is 42.1 Å². The molecule has 0 aromatic heterocycles. The number of piperidine rings is 1. The molecule has 1 atom stereocenters. The van der Waals surface area contributed by atoms with E-state index in [1.165, 1.54) is 5.56 Å². The normalized spacial score (nSPS) is 27.2. The van der Waals surface area contributed by atoms with Gasteiger partial charge in [0.15, 0.2) is 5.78 Å². The summed E-state index contributed by atoms with van der Waals surface area (Å²) >= 11 is 0. The highest BCUT2D eigenvalue weighted by Crippen LogP contribution is 2.44. The van der Waals surface area contributed by atoms with Crippen molar-refractivity contribution in [2.45, 2.75) is 31.1 Å². The van der Waals surface area contributed by atoms with Gasteiger partial charge < -0.3 is 5.32 Å². The SMILES string of the molecule is O=C1C=C2NC(=O)CC[C@@]2(c2ccccc2)CC1. The summed E-state index contributed by atoms with van der Waals surface area (Å²) in [5, 5.41) is 2.89. The third kappa shape index (κ3) is 1.67. The van der Waals surface area contributed by atoms with Gasteiger partial charge in [-0.15, -0.1) is 0 Å². The molecule has 1 saturated heterocycles. The van der Waals surface area contributed by atoms with Gasteiger partial charge in [-0.2, -0.15) is 0 Å². The van der Waals surface area contributed by atoms with Gasteiger partial charge in [0, 0.05) is 30.0 Å². The standard InChI is InChI=1S/C15H15NO2/c17-12-6-8-15(11-4-2-1-3-5-11)9-7-14(18)16-13(15)10-12/h1-5,10H,6-9H2,(H,16,18)/t15-/m1/s1. The summed E-state index contributed by atoms with van der Waals surface area (Å²) in [6.45, 7) is 0. The summed E-state index contributed by atoms with van der Waals surface area (Å²) in [6, 6.07) is 10.2. The van der Waals surface area contributed by atoms with Crippen molar-refractivity contribution in [3.8, 4) is 0 Å². The lowest BCUT2D eigenvalue weighted by Gasteiger charge is -2.42. The Morgan fingerprint density at radius 2 is 1.72 bits per heavy atom. The zero-order valence-electron chi connectivity index (χ0n) is 10.1. The lowest BCUT2D eigenvalue weighted by atomic mass is 9.66. The number of hydrogen-bond acceptors (Lipinski definition) is 2.